The van der Waals surface area contributed by atoms with Crippen LogP contribution in [0, 0.1) is 19.0 Å². The van der Waals surface area contributed by atoms with Crippen molar-refractivity contribution in [2.24, 2.45) is 0 Å². The zero-order valence-electron chi connectivity index (χ0n) is 7.09. The number of hydrogen-bond donors (Lipinski definition) is 1. The summed E-state index contributed by atoms with van der Waals surface area (Å²) >= 11 is 0. The van der Waals surface area contributed by atoms with Crippen molar-refractivity contribution in [3.63, 3.8) is 0 Å². The number of aromatic nitrogens is 1. The van der Waals surface area contributed by atoms with Crippen molar-refractivity contribution in [3.8, 4) is 12.0 Å². The van der Waals surface area contributed by atoms with Crippen molar-refractivity contribution in [2.75, 3.05) is 5.48 Å². The smallest absolute Gasteiger partial charge is 0.161 e. The molecule has 0 radical (unpaired) electrons. The van der Waals surface area contributed by atoms with Crippen LogP contribution in [0.15, 0.2) is 18.3 Å². The first-order chi connectivity index (χ1) is 5.83. The second kappa shape index (κ2) is 4.24. The molecule has 3 nitrogen and oxygen atoms in total. The standard InChI is InChI=1S/C9H10N2O/c1-3-6-12-11-9-7-8(2)4-5-10-9/h4-5,7H,1-2H3,(H,10,11). The number of nitrogens with zero attached hydrogens (tertiary/aromatic N) is 1. The van der Waals surface area contributed by atoms with Gasteiger partial charge in [-0.15, -0.1) is 0 Å². The maximum atomic E-state index is 4.75. The average Bonchev–Trinajstić information content (AvgIpc) is 2.05. The third-order valence-corrected chi connectivity index (χ3v) is 1.22. The van der Waals surface area contributed by atoms with Gasteiger partial charge in [0.25, 0.3) is 0 Å². The molecule has 0 aliphatic carbocycles. The molecule has 0 atom stereocenters. The normalized spacial score (nSPS) is 8.17. The molecule has 0 saturated carbocycles. The van der Waals surface area contributed by atoms with Gasteiger partial charge >= 0.3 is 0 Å². The highest BCUT2D eigenvalue weighted by Crippen LogP contribution is 2.04. The summed E-state index contributed by atoms with van der Waals surface area (Å²) < 4.78 is 0. The Kier molecular flexibility index (Phi) is 2.97. The fourth-order valence-corrected chi connectivity index (χ4v) is 0.721. The van der Waals surface area contributed by atoms with E-state index in [2.05, 4.69) is 22.5 Å². The minimum absolute atomic E-state index is 0.665. The summed E-state index contributed by atoms with van der Waals surface area (Å²) in [4.78, 5) is 8.76. The lowest BCUT2D eigenvalue weighted by Crippen LogP contribution is -1.97. The third kappa shape index (κ3) is 2.51. The lowest BCUT2D eigenvalue weighted by Gasteiger charge is -2.00. The van der Waals surface area contributed by atoms with E-state index >= 15 is 0 Å². The van der Waals surface area contributed by atoms with Gasteiger partial charge in [0.1, 0.15) is 6.11 Å². The average molecular weight is 162 g/mol. The number of nitrogens with one attached hydrogen (secondary N) is 1. The Bertz CT molecular complexity index is 312. The molecule has 0 aliphatic heterocycles. The van der Waals surface area contributed by atoms with Crippen LogP contribution >= 0.6 is 0 Å². The number of pyridine rings is 1. The van der Waals surface area contributed by atoms with Gasteiger partial charge in [0, 0.05) is 13.1 Å². The van der Waals surface area contributed by atoms with Gasteiger partial charge < -0.3 is 4.84 Å². The van der Waals surface area contributed by atoms with Crippen molar-refractivity contribution in [1.82, 2.24) is 4.98 Å². The van der Waals surface area contributed by atoms with E-state index in [1.165, 1.54) is 0 Å². The summed E-state index contributed by atoms with van der Waals surface area (Å²) in [6, 6.07) is 3.79. The zero-order chi connectivity index (χ0) is 8.81. The summed E-state index contributed by atoms with van der Waals surface area (Å²) in [5.74, 6) is 3.25. The van der Waals surface area contributed by atoms with Gasteiger partial charge in [0.05, 0.1) is 0 Å². The molecular formula is C9H10N2O. The van der Waals surface area contributed by atoms with E-state index in [0.29, 0.717) is 5.82 Å². The summed E-state index contributed by atoms with van der Waals surface area (Å²) in [5.41, 5.74) is 3.73. The quantitative estimate of drug-likeness (QED) is 0.531. The minimum atomic E-state index is 0.665. The molecule has 1 rings (SSSR count). The highest BCUT2D eigenvalue weighted by atomic mass is 16.6. The predicted octanol–water partition coefficient (Wildman–Crippen LogP) is 1.71. The second-order valence-electron chi connectivity index (χ2n) is 2.27. The number of aryl methyl sites for hydroxylation is 1. The fourth-order valence-electron chi connectivity index (χ4n) is 0.721. The van der Waals surface area contributed by atoms with Crippen molar-refractivity contribution < 1.29 is 4.84 Å². The molecule has 62 valence electrons. The first-order valence-corrected chi connectivity index (χ1v) is 3.59. The number of hydrogen-bond acceptors (Lipinski definition) is 3. The van der Waals surface area contributed by atoms with Gasteiger partial charge in [0.2, 0.25) is 0 Å². The van der Waals surface area contributed by atoms with Gasteiger partial charge in [-0.05, 0) is 24.6 Å². The Morgan fingerprint density at radius 2 is 2.42 bits per heavy atom. The van der Waals surface area contributed by atoms with Gasteiger partial charge in [-0.2, -0.15) is 5.48 Å². The summed E-state index contributed by atoms with van der Waals surface area (Å²) in [6.45, 7) is 3.68. The van der Waals surface area contributed by atoms with Gasteiger partial charge in [-0.25, -0.2) is 4.98 Å². The Morgan fingerprint density at radius 3 is 3.08 bits per heavy atom. The lowest BCUT2D eigenvalue weighted by molar-refractivity contribution is 0.360. The molecule has 1 aromatic rings. The molecule has 0 spiro atoms. The first-order valence-electron chi connectivity index (χ1n) is 3.59. The van der Waals surface area contributed by atoms with Crippen LogP contribution in [0.3, 0.4) is 0 Å². The highest BCUT2D eigenvalue weighted by Gasteiger charge is 1.90. The van der Waals surface area contributed by atoms with E-state index in [9.17, 15) is 0 Å². The second-order valence-corrected chi connectivity index (χ2v) is 2.27. The molecule has 0 unspecified atom stereocenters. The molecule has 1 N–H and O–H groups in total. The van der Waals surface area contributed by atoms with Crippen LogP contribution in [0.25, 0.3) is 0 Å². The third-order valence-electron chi connectivity index (χ3n) is 1.22. The monoisotopic (exact) mass is 162 g/mol. The molecule has 0 bridgehead atoms. The van der Waals surface area contributed by atoms with Crippen LogP contribution in [0.5, 0.6) is 0 Å². The first kappa shape index (κ1) is 8.41. The van der Waals surface area contributed by atoms with Crippen LogP contribution in [-0.2, 0) is 4.84 Å². The van der Waals surface area contributed by atoms with E-state index < -0.39 is 0 Å². The van der Waals surface area contributed by atoms with E-state index in [1.54, 1.807) is 13.1 Å². The van der Waals surface area contributed by atoms with Crippen LogP contribution in [0.2, 0.25) is 0 Å². The molecule has 0 amide bonds. The van der Waals surface area contributed by atoms with Gasteiger partial charge in [-0.1, -0.05) is 5.92 Å². The Balaban J connectivity index is 2.55. The van der Waals surface area contributed by atoms with E-state index in [1.807, 2.05) is 19.1 Å². The molecule has 0 fully saturated rings. The maximum absolute atomic E-state index is 4.75. The topological polar surface area (TPSA) is 34.1 Å². The summed E-state index contributed by atoms with van der Waals surface area (Å²) in [7, 11) is 0. The molecule has 1 heterocycles. The van der Waals surface area contributed by atoms with Crippen molar-refractivity contribution in [3.05, 3.63) is 23.9 Å². The largest absolute Gasteiger partial charge is 0.327 e. The van der Waals surface area contributed by atoms with E-state index in [0.717, 1.165) is 5.56 Å². The van der Waals surface area contributed by atoms with Crippen molar-refractivity contribution in [2.45, 2.75) is 13.8 Å². The van der Waals surface area contributed by atoms with Crippen molar-refractivity contribution >= 4 is 5.82 Å². The SMILES string of the molecule is CC#CONc1cc(C)ccn1. The van der Waals surface area contributed by atoms with Crippen molar-refractivity contribution in [1.29, 1.82) is 0 Å². The molecule has 0 aromatic carbocycles. The zero-order valence-corrected chi connectivity index (χ0v) is 7.09. The van der Waals surface area contributed by atoms with E-state index in [4.69, 9.17) is 4.84 Å². The molecular weight excluding hydrogens is 152 g/mol. The van der Waals surface area contributed by atoms with Crippen LogP contribution in [0.1, 0.15) is 12.5 Å². The Hall–Kier alpha value is -1.69. The number of anilines is 1. The predicted molar refractivity (Wildman–Crippen MR) is 47.1 cm³/mol. The van der Waals surface area contributed by atoms with Gasteiger partial charge in [0.15, 0.2) is 5.82 Å². The lowest BCUT2D eigenvalue weighted by atomic mass is 10.3. The molecule has 12 heavy (non-hydrogen) atoms. The Labute approximate surface area is 71.7 Å². The van der Waals surface area contributed by atoms with Crippen LogP contribution in [-0.4, -0.2) is 4.98 Å². The minimum Gasteiger partial charge on any atom is -0.327 e. The fraction of sp³-hybridized carbons (Fsp3) is 0.222. The van der Waals surface area contributed by atoms with Gasteiger partial charge in [-0.3, -0.25) is 0 Å². The maximum Gasteiger partial charge on any atom is 0.161 e. The molecule has 1 aromatic heterocycles. The number of rotatable bonds is 2. The molecule has 3 heteroatoms. The molecule has 0 aliphatic rings. The molecule has 0 saturated heterocycles. The van der Waals surface area contributed by atoms with E-state index in [-0.39, 0.29) is 0 Å². The summed E-state index contributed by atoms with van der Waals surface area (Å²) in [6.07, 6.45) is 4.12. The Morgan fingerprint density at radius 1 is 1.58 bits per heavy atom. The van der Waals surface area contributed by atoms with Crippen LogP contribution in [0.4, 0.5) is 5.82 Å². The highest BCUT2D eigenvalue weighted by molar-refractivity contribution is 5.34. The van der Waals surface area contributed by atoms with Crippen LogP contribution < -0.4 is 5.48 Å². The summed E-state index contributed by atoms with van der Waals surface area (Å²) in [5, 5.41) is 0.